The van der Waals surface area contributed by atoms with Crippen molar-refractivity contribution in [3.63, 3.8) is 0 Å². The van der Waals surface area contributed by atoms with Crippen molar-refractivity contribution in [1.82, 2.24) is 15.1 Å². The third kappa shape index (κ3) is 6.06. The van der Waals surface area contributed by atoms with Crippen LogP contribution in [0.1, 0.15) is 37.0 Å². The Kier molecular flexibility index (Phi) is 8.00. The number of nitrogens with one attached hydrogen (secondary N) is 1. The Morgan fingerprint density at radius 2 is 1.83 bits per heavy atom. The largest absolute Gasteiger partial charge is 0.490 e. The molecule has 0 aliphatic carbocycles. The Balaban J connectivity index is 0.000000429. The van der Waals surface area contributed by atoms with Crippen LogP contribution in [0.5, 0.6) is 0 Å². The monoisotopic (exact) mass is 521 g/mol. The molecule has 0 bridgehead atoms. The van der Waals surface area contributed by atoms with Crippen molar-refractivity contribution in [2.45, 2.75) is 38.4 Å². The summed E-state index contributed by atoms with van der Waals surface area (Å²) in [4.78, 5) is 38.4. The predicted octanol–water partition coefficient (Wildman–Crippen LogP) is 3.42. The average Bonchev–Trinajstić information content (AvgIpc) is 3.28. The van der Waals surface area contributed by atoms with Gasteiger partial charge in [0.15, 0.2) is 0 Å². The van der Waals surface area contributed by atoms with Crippen molar-refractivity contribution >= 4 is 29.4 Å². The van der Waals surface area contributed by atoms with Gasteiger partial charge in [-0.25, -0.2) is 9.18 Å². The van der Waals surface area contributed by atoms with Gasteiger partial charge >= 0.3 is 12.1 Å². The third-order valence-electron chi connectivity index (χ3n) is 6.79. The van der Waals surface area contributed by atoms with E-state index in [9.17, 15) is 27.2 Å². The van der Waals surface area contributed by atoms with E-state index < -0.39 is 18.0 Å². The molecule has 3 heterocycles. The van der Waals surface area contributed by atoms with Crippen LogP contribution in [0.4, 0.5) is 17.6 Å². The Bertz CT molecular complexity index is 980. The van der Waals surface area contributed by atoms with Gasteiger partial charge in [0.1, 0.15) is 5.82 Å². The van der Waals surface area contributed by atoms with Gasteiger partial charge in [-0.05, 0) is 37.0 Å². The van der Waals surface area contributed by atoms with Gasteiger partial charge in [-0.3, -0.25) is 9.59 Å². The highest BCUT2D eigenvalue weighted by molar-refractivity contribution is 6.30. The normalized spacial score (nSPS) is 23.7. The Hall–Kier alpha value is -2.40. The minimum atomic E-state index is -5.08. The number of fused-ring (bicyclic) bond motifs is 2. The van der Waals surface area contributed by atoms with E-state index in [0.29, 0.717) is 30.5 Å². The zero-order valence-corrected chi connectivity index (χ0v) is 20.1. The molecule has 1 aromatic carbocycles. The molecule has 3 aliphatic rings. The van der Waals surface area contributed by atoms with Gasteiger partial charge in [-0.1, -0.05) is 25.4 Å². The minimum Gasteiger partial charge on any atom is -0.475 e. The van der Waals surface area contributed by atoms with E-state index in [-0.39, 0.29) is 28.3 Å². The van der Waals surface area contributed by atoms with Crippen LogP contribution in [0, 0.1) is 23.6 Å². The summed E-state index contributed by atoms with van der Waals surface area (Å²) in [6.45, 7) is 8.33. The highest BCUT2D eigenvalue weighted by atomic mass is 35.5. The molecular formula is C23H28ClF4N3O4. The summed E-state index contributed by atoms with van der Waals surface area (Å²) in [6.07, 6.45) is -3.59. The van der Waals surface area contributed by atoms with Gasteiger partial charge in [-0.2, -0.15) is 13.2 Å². The van der Waals surface area contributed by atoms with Crippen LogP contribution in [0.15, 0.2) is 18.2 Å². The molecule has 2 N–H and O–H groups in total. The first-order valence-electron chi connectivity index (χ1n) is 11.3. The molecule has 194 valence electrons. The molecule has 12 heteroatoms. The number of alkyl halides is 3. The van der Waals surface area contributed by atoms with Gasteiger partial charge < -0.3 is 20.2 Å². The first-order chi connectivity index (χ1) is 16.2. The van der Waals surface area contributed by atoms with E-state index in [1.165, 1.54) is 12.1 Å². The number of piperidine rings is 1. The van der Waals surface area contributed by atoms with E-state index in [2.05, 4.69) is 24.1 Å². The number of benzene rings is 1. The average molecular weight is 522 g/mol. The summed E-state index contributed by atoms with van der Waals surface area (Å²) in [6, 6.07) is 4.18. The lowest BCUT2D eigenvalue weighted by Crippen LogP contribution is -2.56. The summed E-state index contributed by atoms with van der Waals surface area (Å²) in [7, 11) is 0. The maximum absolute atomic E-state index is 13.7. The molecule has 3 fully saturated rings. The van der Waals surface area contributed by atoms with Crippen LogP contribution in [-0.4, -0.2) is 77.1 Å². The summed E-state index contributed by atoms with van der Waals surface area (Å²) in [5, 5.41) is 10.4. The number of carboxylic acid groups (broad SMARTS) is 1. The van der Waals surface area contributed by atoms with Crippen molar-refractivity contribution in [2.24, 2.45) is 17.8 Å². The highest BCUT2D eigenvalue weighted by Crippen LogP contribution is 2.44. The van der Waals surface area contributed by atoms with Gasteiger partial charge in [0.25, 0.3) is 5.91 Å². The van der Waals surface area contributed by atoms with Crippen molar-refractivity contribution in [3.8, 4) is 0 Å². The van der Waals surface area contributed by atoms with E-state index in [0.717, 1.165) is 32.5 Å². The number of nitrogens with zero attached hydrogens (tertiary/aromatic N) is 2. The number of hydrogen-bond acceptors (Lipinski definition) is 4. The molecule has 1 spiro atoms. The molecule has 35 heavy (non-hydrogen) atoms. The maximum atomic E-state index is 13.7. The molecule has 7 nitrogen and oxygen atoms in total. The number of carbonyl (C=O) groups is 3. The second kappa shape index (κ2) is 10.3. The molecule has 3 saturated heterocycles. The second-order valence-electron chi connectivity index (χ2n) is 9.69. The molecule has 2 atom stereocenters. The van der Waals surface area contributed by atoms with E-state index in [1.54, 1.807) is 11.0 Å². The van der Waals surface area contributed by atoms with Crippen molar-refractivity contribution < 1.29 is 37.1 Å². The van der Waals surface area contributed by atoms with Gasteiger partial charge in [0.2, 0.25) is 5.91 Å². The molecule has 0 unspecified atom stereocenters. The fraction of sp³-hybridized carbons (Fsp3) is 0.609. The molecule has 0 saturated carbocycles. The van der Waals surface area contributed by atoms with Crippen LogP contribution in [-0.2, 0) is 9.59 Å². The molecule has 0 aromatic heterocycles. The van der Waals surface area contributed by atoms with Crippen LogP contribution in [0.3, 0.4) is 0 Å². The number of aliphatic carboxylic acids is 1. The van der Waals surface area contributed by atoms with Crippen molar-refractivity contribution in [2.75, 3.05) is 32.7 Å². The lowest BCUT2D eigenvalue weighted by atomic mass is 9.75. The van der Waals surface area contributed by atoms with Gasteiger partial charge in [-0.15, -0.1) is 0 Å². The number of halogens is 5. The van der Waals surface area contributed by atoms with Gasteiger partial charge in [0.05, 0.1) is 10.9 Å². The fourth-order valence-corrected chi connectivity index (χ4v) is 5.34. The lowest BCUT2D eigenvalue weighted by molar-refractivity contribution is -0.192. The smallest absolute Gasteiger partial charge is 0.475 e. The molecule has 2 amide bonds. The van der Waals surface area contributed by atoms with Crippen LogP contribution in [0.2, 0.25) is 5.02 Å². The topological polar surface area (TPSA) is 90.0 Å². The number of hydrogen-bond donors (Lipinski definition) is 2. The predicted molar refractivity (Wildman–Crippen MR) is 119 cm³/mol. The lowest BCUT2D eigenvalue weighted by Gasteiger charge is -2.43. The maximum Gasteiger partial charge on any atom is 0.490 e. The van der Waals surface area contributed by atoms with Crippen LogP contribution < -0.4 is 5.32 Å². The van der Waals surface area contributed by atoms with Crippen LogP contribution in [0.25, 0.3) is 0 Å². The van der Waals surface area contributed by atoms with Crippen molar-refractivity contribution in [3.05, 3.63) is 34.6 Å². The molecule has 4 rings (SSSR count). The van der Waals surface area contributed by atoms with E-state index in [4.69, 9.17) is 21.5 Å². The number of carboxylic acids is 1. The molecule has 0 radical (unpaired) electrons. The Morgan fingerprint density at radius 1 is 1.23 bits per heavy atom. The number of carbonyl (C=O) groups excluding carboxylic acids is 2. The Morgan fingerprint density at radius 3 is 2.34 bits per heavy atom. The minimum absolute atomic E-state index is 0.0149. The van der Waals surface area contributed by atoms with E-state index >= 15 is 0 Å². The Labute approximate surface area is 205 Å². The quantitative estimate of drug-likeness (QED) is 0.595. The molecular weight excluding hydrogens is 494 g/mol. The molecule has 1 aromatic rings. The van der Waals surface area contributed by atoms with Crippen molar-refractivity contribution in [1.29, 1.82) is 0 Å². The molecule has 3 aliphatic heterocycles. The number of likely N-dealkylation sites (tertiary alicyclic amines) is 2. The number of amides is 2. The zero-order chi connectivity index (χ0) is 26.1. The summed E-state index contributed by atoms with van der Waals surface area (Å²) < 4.78 is 45.4. The standard InChI is InChI=1S/C21H27ClFN3O2.C2HF3O2/c1-13(2)10-25-11-15-16(12-25)21(24-19(15)27)5-7-26(8-6-21)20(28)14-3-4-17(22)18(23)9-14;3-2(4,5)1(6)7/h3-4,9,13,15-16H,5-8,10-12H2,1-2H3,(H,24,27);(H,6,7)/t15-,16+;/m1./s1. The first-order valence-corrected chi connectivity index (χ1v) is 11.7. The van der Waals surface area contributed by atoms with E-state index in [1.807, 2.05) is 0 Å². The third-order valence-corrected chi connectivity index (χ3v) is 7.10. The summed E-state index contributed by atoms with van der Waals surface area (Å²) in [5.74, 6) is -2.40. The van der Waals surface area contributed by atoms with Gasteiger partial charge in [0, 0.05) is 49.7 Å². The number of rotatable bonds is 3. The first kappa shape index (κ1) is 27.2. The van der Waals surface area contributed by atoms with Crippen LogP contribution >= 0.6 is 11.6 Å². The zero-order valence-electron chi connectivity index (χ0n) is 19.4. The fourth-order valence-electron chi connectivity index (χ4n) is 5.22. The summed E-state index contributed by atoms with van der Waals surface area (Å²) >= 11 is 5.72. The summed E-state index contributed by atoms with van der Waals surface area (Å²) in [5.41, 5.74) is 0.102. The highest BCUT2D eigenvalue weighted by Gasteiger charge is 2.57. The second-order valence-corrected chi connectivity index (χ2v) is 10.1. The SMILES string of the molecule is CC(C)CN1C[C@H]2C(=O)NC3(CCN(C(=O)c4ccc(Cl)c(F)c4)CC3)[C@H]2C1.O=C(O)C(F)(F)F.